The first-order valence-electron chi connectivity index (χ1n) is 4.81. The van der Waals surface area contributed by atoms with Gasteiger partial charge in [-0.25, -0.2) is 0 Å². The summed E-state index contributed by atoms with van der Waals surface area (Å²) in [6.07, 6.45) is 1.45. The van der Waals surface area contributed by atoms with Gasteiger partial charge in [-0.05, 0) is 24.6 Å². The summed E-state index contributed by atoms with van der Waals surface area (Å²) in [5.74, 6) is -0.330. The number of rotatable bonds is 2. The third-order valence-electron chi connectivity index (χ3n) is 2.09. The van der Waals surface area contributed by atoms with Crippen LogP contribution in [-0.4, -0.2) is 31.2 Å². The number of nitriles is 1. The highest BCUT2D eigenvalue weighted by atomic mass is 16.1. The number of amides is 1. The molecule has 0 aliphatic heterocycles. The summed E-state index contributed by atoms with van der Waals surface area (Å²) >= 11 is 0. The molecule has 0 spiro atoms. The predicted molar refractivity (Wildman–Crippen MR) is 62.4 cm³/mol. The molecular weight excluding hydrogens is 202 g/mol. The van der Waals surface area contributed by atoms with Gasteiger partial charge in [-0.15, -0.1) is 0 Å². The van der Waals surface area contributed by atoms with Crippen molar-refractivity contribution in [2.24, 2.45) is 4.99 Å². The lowest BCUT2D eigenvalue weighted by Crippen LogP contribution is -2.10. The molecule has 1 aromatic carbocycles. The Balaban J connectivity index is 3.06. The average molecular weight is 215 g/mol. The summed E-state index contributed by atoms with van der Waals surface area (Å²) in [6, 6.07) is 7.08. The second-order valence-electron chi connectivity index (χ2n) is 3.60. The molecule has 0 bridgehead atoms. The summed E-state index contributed by atoms with van der Waals surface area (Å²) in [5, 5.41) is 8.83. The standard InChI is InChI=1S/C12H13N3O/c1-9-10(7-13)5-4-6-11(9)12(16)14-8-15(2)3/h4-6,8H,1-3H3. The minimum absolute atomic E-state index is 0.330. The molecule has 0 saturated carbocycles. The lowest BCUT2D eigenvalue weighted by molar-refractivity contribution is 0.100. The van der Waals surface area contributed by atoms with Crippen LogP contribution in [0.5, 0.6) is 0 Å². The molecule has 0 aliphatic rings. The van der Waals surface area contributed by atoms with Gasteiger partial charge in [0.05, 0.1) is 18.0 Å². The summed E-state index contributed by atoms with van der Waals surface area (Å²) in [4.78, 5) is 17.2. The molecule has 0 saturated heterocycles. The van der Waals surface area contributed by atoms with Crippen molar-refractivity contribution < 1.29 is 4.79 Å². The van der Waals surface area contributed by atoms with Crippen molar-refractivity contribution >= 4 is 12.2 Å². The van der Waals surface area contributed by atoms with Crippen molar-refractivity contribution in [2.45, 2.75) is 6.92 Å². The van der Waals surface area contributed by atoms with Gasteiger partial charge in [0.1, 0.15) is 0 Å². The Kier molecular flexibility index (Phi) is 3.78. The number of carbonyl (C=O) groups is 1. The zero-order valence-electron chi connectivity index (χ0n) is 9.56. The minimum Gasteiger partial charge on any atom is -0.369 e. The van der Waals surface area contributed by atoms with Crippen molar-refractivity contribution in [3.05, 3.63) is 34.9 Å². The van der Waals surface area contributed by atoms with E-state index in [-0.39, 0.29) is 5.91 Å². The minimum atomic E-state index is -0.330. The Morgan fingerprint density at radius 1 is 1.50 bits per heavy atom. The first kappa shape index (κ1) is 11.9. The first-order chi connectivity index (χ1) is 7.56. The Labute approximate surface area is 94.8 Å². The van der Waals surface area contributed by atoms with E-state index in [4.69, 9.17) is 5.26 Å². The first-order valence-corrected chi connectivity index (χ1v) is 4.81. The number of nitrogens with zero attached hydrogens (tertiary/aromatic N) is 3. The number of hydrogen-bond donors (Lipinski definition) is 0. The van der Waals surface area contributed by atoms with Crippen LogP contribution >= 0.6 is 0 Å². The maximum absolute atomic E-state index is 11.7. The Morgan fingerprint density at radius 3 is 2.75 bits per heavy atom. The smallest absolute Gasteiger partial charge is 0.278 e. The lowest BCUT2D eigenvalue weighted by atomic mass is 10.0. The molecule has 0 heterocycles. The summed E-state index contributed by atoms with van der Waals surface area (Å²) in [7, 11) is 3.57. The molecule has 82 valence electrons. The van der Waals surface area contributed by atoms with E-state index >= 15 is 0 Å². The van der Waals surface area contributed by atoms with Gasteiger partial charge in [0, 0.05) is 19.7 Å². The van der Waals surface area contributed by atoms with E-state index in [0.29, 0.717) is 16.7 Å². The third kappa shape index (κ3) is 2.67. The number of carbonyl (C=O) groups excluding carboxylic acids is 1. The number of benzene rings is 1. The van der Waals surface area contributed by atoms with Crippen LogP contribution in [0.1, 0.15) is 21.5 Å². The molecule has 4 heteroatoms. The van der Waals surface area contributed by atoms with E-state index in [1.807, 2.05) is 6.07 Å². The molecule has 1 amide bonds. The highest BCUT2D eigenvalue weighted by Gasteiger charge is 2.09. The highest BCUT2D eigenvalue weighted by molar-refractivity contribution is 6.00. The Bertz CT molecular complexity index is 470. The van der Waals surface area contributed by atoms with Crippen LogP contribution in [0.4, 0.5) is 0 Å². The SMILES string of the molecule is Cc1c(C#N)cccc1C(=O)N=CN(C)C. The van der Waals surface area contributed by atoms with E-state index in [1.54, 1.807) is 44.1 Å². The second-order valence-corrected chi connectivity index (χ2v) is 3.60. The van der Waals surface area contributed by atoms with Crippen LogP contribution in [-0.2, 0) is 0 Å². The number of hydrogen-bond acceptors (Lipinski definition) is 2. The monoisotopic (exact) mass is 215 g/mol. The molecule has 0 aromatic heterocycles. The maximum atomic E-state index is 11.7. The zero-order chi connectivity index (χ0) is 12.1. The Hall–Kier alpha value is -2.15. The van der Waals surface area contributed by atoms with Crippen molar-refractivity contribution in [1.82, 2.24) is 4.90 Å². The van der Waals surface area contributed by atoms with Crippen molar-refractivity contribution in [3.63, 3.8) is 0 Å². The molecular formula is C12H13N3O. The number of aliphatic imine (C=N–C) groups is 1. The van der Waals surface area contributed by atoms with Crippen LogP contribution in [0.3, 0.4) is 0 Å². The zero-order valence-corrected chi connectivity index (χ0v) is 9.56. The third-order valence-corrected chi connectivity index (χ3v) is 2.09. The topological polar surface area (TPSA) is 56.5 Å². The molecule has 0 fully saturated rings. The van der Waals surface area contributed by atoms with Gasteiger partial charge in [-0.3, -0.25) is 4.79 Å². The van der Waals surface area contributed by atoms with E-state index < -0.39 is 0 Å². The summed E-state index contributed by atoms with van der Waals surface area (Å²) < 4.78 is 0. The second kappa shape index (κ2) is 5.08. The van der Waals surface area contributed by atoms with E-state index in [2.05, 4.69) is 4.99 Å². The van der Waals surface area contributed by atoms with Gasteiger partial charge >= 0.3 is 0 Å². The molecule has 16 heavy (non-hydrogen) atoms. The predicted octanol–water partition coefficient (Wildman–Crippen LogP) is 1.60. The van der Waals surface area contributed by atoms with Gasteiger partial charge in [-0.2, -0.15) is 10.3 Å². The molecule has 4 nitrogen and oxygen atoms in total. The van der Waals surface area contributed by atoms with Crippen LogP contribution in [0.25, 0.3) is 0 Å². The van der Waals surface area contributed by atoms with Crippen LogP contribution < -0.4 is 0 Å². The van der Waals surface area contributed by atoms with Crippen LogP contribution in [0.15, 0.2) is 23.2 Å². The molecule has 0 radical (unpaired) electrons. The Morgan fingerprint density at radius 2 is 2.19 bits per heavy atom. The van der Waals surface area contributed by atoms with Crippen LogP contribution in [0, 0.1) is 18.3 Å². The normalized spacial score (nSPS) is 10.1. The maximum Gasteiger partial charge on any atom is 0.278 e. The largest absolute Gasteiger partial charge is 0.369 e. The fourth-order valence-electron chi connectivity index (χ4n) is 1.23. The van der Waals surface area contributed by atoms with Gasteiger partial charge in [0.25, 0.3) is 5.91 Å². The quantitative estimate of drug-likeness (QED) is 0.556. The summed E-state index contributed by atoms with van der Waals surface area (Å²) in [6.45, 7) is 1.75. The van der Waals surface area contributed by atoms with Crippen molar-refractivity contribution in [1.29, 1.82) is 5.26 Å². The highest BCUT2D eigenvalue weighted by Crippen LogP contribution is 2.13. The molecule has 0 N–H and O–H groups in total. The van der Waals surface area contributed by atoms with Crippen LogP contribution in [0.2, 0.25) is 0 Å². The fraction of sp³-hybridized carbons (Fsp3) is 0.250. The lowest BCUT2D eigenvalue weighted by Gasteiger charge is -2.04. The average Bonchev–Trinajstić information content (AvgIpc) is 2.26. The molecule has 1 aromatic rings. The van der Waals surface area contributed by atoms with E-state index in [0.717, 1.165) is 0 Å². The van der Waals surface area contributed by atoms with Crippen molar-refractivity contribution in [2.75, 3.05) is 14.1 Å². The molecule has 1 rings (SSSR count). The van der Waals surface area contributed by atoms with Gasteiger partial charge < -0.3 is 4.90 Å². The van der Waals surface area contributed by atoms with Gasteiger partial charge in [0.15, 0.2) is 0 Å². The van der Waals surface area contributed by atoms with Gasteiger partial charge in [0.2, 0.25) is 0 Å². The molecule has 0 unspecified atom stereocenters. The molecule has 0 atom stereocenters. The van der Waals surface area contributed by atoms with E-state index in [9.17, 15) is 4.79 Å². The fourth-order valence-corrected chi connectivity index (χ4v) is 1.23. The molecule has 0 aliphatic carbocycles. The summed E-state index contributed by atoms with van der Waals surface area (Å²) in [5.41, 5.74) is 1.65. The van der Waals surface area contributed by atoms with Gasteiger partial charge in [-0.1, -0.05) is 6.07 Å². The van der Waals surface area contributed by atoms with Crippen molar-refractivity contribution in [3.8, 4) is 6.07 Å². The van der Waals surface area contributed by atoms with E-state index in [1.165, 1.54) is 6.34 Å².